The maximum Gasteiger partial charge on any atom is 0.256 e. The predicted octanol–water partition coefficient (Wildman–Crippen LogP) is 3.42. The fourth-order valence-electron chi connectivity index (χ4n) is 2.13. The molecule has 0 spiro atoms. The number of amides is 2. The van der Waals surface area contributed by atoms with Gasteiger partial charge in [0, 0.05) is 0 Å². The highest BCUT2D eigenvalue weighted by Crippen LogP contribution is 2.32. The van der Waals surface area contributed by atoms with Crippen LogP contribution in [0, 0.1) is 0 Å². The first-order valence-electron chi connectivity index (χ1n) is 6.91. The van der Waals surface area contributed by atoms with Gasteiger partial charge in [0.1, 0.15) is 16.6 Å². The van der Waals surface area contributed by atoms with Crippen molar-refractivity contribution in [2.45, 2.75) is 5.38 Å². The predicted molar refractivity (Wildman–Crippen MR) is 92.0 cm³/mol. The number of aromatic nitrogens is 1. The van der Waals surface area contributed by atoms with Crippen molar-refractivity contribution in [2.75, 3.05) is 5.32 Å². The van der Waals surface area contributed by atoms with Crippen LogP contribution in [0.4, 0.5) is 5.88 Å². The van der Waals surface area contributed by atoms with Gasteiger partial charge >= 0.3 is 0 Å². The highest BCUT2D eigenvalue weighted by atomic mass is 35.5. The van der Waals surface area contributed by atoms with Crippen molar-refractivity contribution in [3.63, 3.8) is 0 Å². The molecule has 0 aliphatic heterocycles. The molecule has 0 aliphatic rings. The topological polar surface area (TPSA) is 98.2 Å². The Labute approximate surface area is 146 Å². The highest BCUT2D eigenvalue weighted by molar-refractivity contribution is 7.13. The van der Waals surface area contributed by atoms with Gasteiger partial charge in [-0.05, 0) is 17.0 Å². The third-order valence-electron chi connectivity index (χ3n) is 3.25. The van der Waals surface area contributed by atoms with Crippen molar-refractivity contribution in [3.05, 3.63) is 59.0 Å². The molecule has 3 aromatic rings. The average molecular weight is 362 g/mol. The number of carbonyl (C=O) groups excluding carboxylic acids is 2. The molecule has 2 heterocycles. The van der Waals surface area contributed by atoms with Crippen LogP contribution in [0.5, 0.6) is 0 Å². The zero-order valence-corrected chi connectivity index (χ0v) is 13.8. The Morgan fingerprint density at radius 2 is 1.96 bits per heavy atom. The molecule has 3 N–H and O–H groups in total. The second kappa shape index (κ2) is 6.86. The number of benzene rings is 1. The summed E-state index contributed by atoms with van der Waals surface area (Å²) in [7, 11) is 0. The molecule has 2 aromatic heterocycles. The lowest BCUT2D eigenvalue weighted by molar-refractivity contribution is -0.116. The number of primary amides is 1. The van der Waals surface area contributed by atoms with Crippen molar-refractivity contribution in [2.24, 2.45) is 5.73 Å². The second-order valence-electron chi connectivity index (χ2n) is 4.84. The van der Waals surface area contributed by atoms with Gasteiger partial charge in [-0.2, -0.15) is 0 Å². The maximum atomic E-state index is 12.3. The Hall–Kier alpha value is -2.64. The van der Waals surface area contributed by atoms with Crippen LogP contribution in [0.15, 0.2) is 52.4 Å². The summed E-state index contributed by atoms with van der Waals surface area (Å²) in [5.74, 6) is -1.41. The largest absolute Gasteiger partial charge is 0.365 e. The Bertz CT molecular complexity index is 862. The Morgan fingerprint density at radius 1 is 1.21 bits per heavy atom. The summed E-state index contributed by atoms with van der Waals surface area (Å²) in [4.78, 5) is 24.8. The van der Waals surface area contributed by atoms with Crippen LogP contribution in [0.25, 0.3) is 10.6 Å². The van der Waals surface area contributed by atoms with Crippen molar-refractivity contribution in [1.29, 1.82) is 0 Å². The lowest BCUT2D eigenvalue weighted by Gasteiger charge is -2.09. The van der Waals surface area contributed by atoms with E-state index in [1.807, 2.05) is 17.5 Å². The number of halogens is 1. The van der Waals surface area contributed by atoms with Gasteiger partial charge in [0.2, 0.25) is 11.8 Å². The summed E-state index contributed by atoms with van der Waals surface area (Å²) in [5, 5.41) is 7.21. The average Bonchev–Trinajstić information content (AvgIpc) is 3.23. The maximum absolute atomic E-state index is 12.3. The third kappa shape index (κ3) is 3.17. The first-order valence-corrected chi connectivity index (χ1v) is 8.22. The van der Waals surface area contributed by atoms with E-state index in [1.54, 1.807) is 30.3 Å². The van der Waals surface area contributed by atoms with Crippen LogP contribution in [0.1, 0.15) is 21.3 Å². The molecule has 3 rings (SSSR count). The molecule has 8 heteroatoms. The molecule has 24 heavy (non-hydrogen) atoms. The van der Waals surface area contributed by atoms with Crippen molar-refractivity contribution >= 4 is 40.6 Å². The summed E-state index contributed by atoms with van der Waals surface area (Å²) in [6.45, 7) is 0. The summed E-state index contributed by atoms with van der Waals surface area (Å²) in [6, 6.07) is 12.4. The van der Waals surface area contributed by atoms with Crippen LogP contribution < -0.4 is 11.1 Å². The Morgan fingerprint density at radius 3 is 2.58 bits per heavy atom. The van der Waals surface area contributed by atoms with E-state index in [0.29, 0.717) is 16.1 Å². The molecule has 1 aromatic carbocycles. The van der Waals surface area contributed by atoms with Gasteiger partial charge in [-0.1, -0.05) is 41.6 Å². The van der Waals surface area contributed by atoms with E-state index in [0.717, 1.165) is 0 Å². The van der Waals surface area contributed by atoms with Crippen LogP contribution in [0.2, 0.25) is 0 Å². The molecule has 0 bridgehead atoms. The standard InChI is InChI=1S/C16H12ClN3O3S/c17-12(9-5-2-1-3-6-9)15(22)19-16-11(14(18)21)13(20-23-16)10-7-4-8-24-10/h1-8,12H,(H2,18,21)(H,19,22). The number of thiophene rings is 1. The molecular weight excluding hydrogens is 350 g/mol. The third-order valence-corrected chi connectivity index (χ3v) is 4.58. The Kier molecular flexibility index (Phi) is 4.64. The summed E-state index contributed by atoms with van der Waals surface area (Å²) >= 11 is 7.53. The molecule has 1 unspecified atom stereocenters. The molecule has 0 fully saturated rings. The molecule has 0 aliphatic carbocycles. The molecular formula is C16H12ClN3O3S. The number of nitrogens with zero attached hydrogens (tertiary/aromatic N) is 1. The molecule has 1 atom stereocenters. The minimum atomic E-state index is -0.942. The van der Waals surface area contributed by atoms with Gasteiger partial charge in [-0.15, -0.1) is 22.9 Å². The normalized spacial score (nSPS) is 11.9. The minimum absolute atomic E-state index is 0.0164. The number of hydrogen-bond donors (Lipinski definition) is 2. The zero-order chi connectivity index (χ0) is 17.1. The molecule has 2 amide bonds. The molecule has 6 nitrogen and oxygen atoms in total. The number of nitrogens with two attached hydrogens (primary N) is 1. The highest BCUT2D eigenvalue weighted by Gasteiger charge is 2.26. The monoisotopic (exact) mass is 361 g/mol. The number of hydrogen-bond acceptors (Lipinski definition) is 5. The van der Waals surface area contributed by atoms with Gasteiger partial charge in [0.25, 0.3) is 5.91 Å². The molecule has 122 valence electrons. The summed E-state index contributed by atoms with van der Waals surface area (Å²) < 4.78 is 5.10. The van der Waals surface area contributed by atoms with Crippen LogP contribution >= 0.6 is 22.9 Å². The summed E-state index contributed by atoms with van der Waals surface area (Å²) in [5.41, 5.74) is 6.34. The van der Waals surface area contributed by atoms with E-state index in [-0.39, 0.29) is 11.4 Å². The quantitative estimate of drug-likeness (QED) is 0.680. The first-order chi connectivity index (χ1) is 11.6. The SMILES string of the molecule is NC(=O)c1c(-c2cccs2)noc1NC(=O)C(Cl)c1ccccc1. The zero-order valence-electron chi connectivity index (χ0n) is 12.2. The van der Waals surface area contributed by atoms with E-state index in [1.165, 1.54) is 11.3 Å². The van der Waals surface area contributed by atoms with E-state index in [4.69, 9.17) is 21.9 Å². The lowest BCUT2D eigenvalue weighted by Crippen LogP contribution is -2.20. The number of rotatable bonds is 5. The summed E-state index contributed by atoms with van der Waals surface area (Å²) in [6.07, 6.45) is 0. The van der Waals surface area contributed by atoms with Gasteiger partial charge in [-0.3, -0.25) is 14.9 Å². The Balaban J connectivity index is 1.88. The first kappa shape index (κ1) is 16.2. The van der Waals surface area contributed by atoms with Gasteiger partial charge < -0.3 is 10.3 Å². The van der Waals surface area contributed by atoms with Crippen molar-refractivity contribution in [1.82, 2.24) is 5.16 Å². The van der Waals surface area contributed by atoms with Crippen LogP contribution in [0.3, 0.4) is 0 Å². The van der Waals surface area contributed by atoms with Gasteiger partial charge in [0.05, 0.1) is 4.88 Å². The van der Waals surface area contributed by atoms with Gasteiger partial charge in [0.15, 0.2) is 0 Å². The van der Waals surface area contributed by atoms with E-state index >= 15 is 0 Å². The number of nitrogens with one attached hydrogen (secondary N) is 1. The second-order valence-corrected chi connectivity index (χ2v) is 6.22. The van der Waals surface area contributed by atoms with E-state index in [9.17, 15) is 9.59 Å². The number of carbonyl (C=O) groups is 2. The smallest absolute Gasteiger partial charge is 0.256 e. The fourth-order valence-corrected chi connectivity index (χ4v) is 3.05. The van der Waals surface area contributed by atoms with Crippen molar-refractivity contribution < 1.29 is 14.1 Å². The van der Waals surface area contributed by atoms with Crippen molar-refractivity contribution in [3.8, 4) is 10.6 Å². The van der Waals surface area contributed by atoms with E-state index < -0.39 is 17.2 Å². The molecule has 0 saturated carbocycles. The molecule has 0 radical (unpaired) electrons. The number of alkyl halides is 1. The van der Waals surface area contributed by atoms with Gasteiger partial charge in [-0.25, -0.2) is 0 Å². The lowest BCUT2D eigenvalue weighted by atomic mass is 10.1. The van der Waals surface area contributed by atoms with E-state index in [2.05, 4.69) is 10.5 Å². The van der Waals surface area contributed by atoms with Crippen LogP contribution in [-0.4, -0.2) is 17.0 Å². The molecule has 0 saturated heterocycles. The minimum Gasteiger partial charge on any atom is -0.365 e. The van der Waals surface area contributed by atoms with Crippen LogP contribution in [-0.2, 0) is 4.79 Å². The fraction of sp³-hybridized carbons (Fsp3) is 0.0625. The number of anilines is 1.